The number of amides is 1. The molecule has 1 N–H and O–H groups in total. The van der Waals surface area contributed by atoms with Gasteiger partial charge in [0, 0.05) is 35.1 Å². The lowest BCUT2D eigenvalue weighted by molar-refractivity contribution is -0.151. The number of hydrogen-bond acceptors (Lipinski definition) is 5. The summed E-state index contributed by atoms with van der Waals surface area (Å²) in [6, 6.07) is 14.1. The average Bonchev–Trinajstić information content (AvgIpc) is 3.77. The fourth-order valence-corrected chi connectivity index (χ4v) is 7.85. The van der Waals surface area contributed by atoms with Crippen molar-refractivity contribution < 1.29 is 22.7 Å². The standard InChI is InChI=1S/C29H36Cl2N2O5S/c1-17(14-26(19-8-10-21(30)11-9-19)33(3)39(36,37)23-12-13-23)27-25(20-6-5-7-22(31)15-20)16-24(28(34)32-27)18(2)29(35)38-4/h5-11,15,17-18,23-27H,12-14,16H2,1-4H3,(H,32,34)/t17?,18?,24-,25+,26-,27-/m0/s1. The SMILES string of the molecule is COC(=O)C(C)[C@@H]1C[C@H](c2cccc(Cl)c2)[C@H](C(C)C[C@@H](c2ccc(Cl)cc2)N(C)S(=O)(=O)C2CC2)NC1=O. The second kappa shape index (κ2) is 12.2. The van der Waals surface area contributed by atoms with Gasteiger partial charge in [0.2, 0.25) is 15.9 Å². The number of sulfonamides is 1. The molecule has 1 saturated carbocycles. The molecule has 2 aromatic carbocycles. The van der Waals surface area contributed by atoms with Crippen molar-refractivity contribution in [3.05, 3.63) is 69.7 Å². The van der Waals surface area contributed by atoms with Crippen LogP contribution in [0, 0.1) is 17.8 Å². The van der Waals surface area contributed by atoms with Crippen molar-refractivity contribution in [1.29, 1.82) is 0 Å². The van der Waals surface area contributed by atoms with E-state index in [9.17, 15) is 18.0 Å². The molecule has 2 aliphatic rings. The van der Waals surface area contributed by atoms with Gasteiger partial charge >= 0.3 is 5.97 Å². The van der Waals surface area contributed by atoms with Crippen molar-refractivity contribution in [2.24, 2.45) is 17.8 Å². The van der Waals surface area contributed by atoms with Gasteiger partial charge in [-0.15, -0.1) is 0 Å². The molecule has 1 aliphatic carbocycles. The van der Waals surface area contributed by atoms with Gasteiger partial charge in [0.25, 0.3) is 0 Å². The molecule has 6 atom stereocenters. The smallest absolute Gasteiger partial charge is 0.309 e. The molecule has 0 bridgehead atoms. The van der Waals surface area contributed by atoms with Crippen LogP contribution in [0.25, 0.3) is 0 Å². The summed E-state index contributed by atoms with van der Waals surface area (Å²) in [4.78, 5) is 25.7. The van der Waals surface area contributed by atoms with Gasteiger partial charge in [0.15, 0.2) is 0 Å². The third-order valence-corrected chi connectivity index (χ3v) is 11.1. The Morgan fingerprint density at radius 3 is 2.36 bits per heavy atom. The highest BCUT2D eigenvalue weighted by Crippen LogP contribution is 2.42. The van der Waals surface area contributed by atoms with E-state index >= 15 is 0 Å². The fourth-order valence-electron chi connectivity index (χ4n) is 5.76. The molecule has 0 aromatic heterocycles. The van der Waals surface area contributed by atoms with E-state index in [1.165, 1.54) is 11.4 Å². The van der Waals surface area contributed by atoms with Crippen LogP contribution in [-0.4, -0.2) is 50.0 Å². The van der Waals surface area contributed by atoms with Gasteiger partial charge in [0.1, 0.15) is 0 Å². The molecule has 1 heterocycles. The molecule has 10 heteroatoms. The number of benzene rings is 2. The first kappa shape index (κ1) is 29.8. The Hall–Kier alpha value is -2.13. The van der Waals surface area contributed by atoms with E-state index in [0.29, 0.717) is 35.7 Å². The van der Waals surface area contributed by atoms with Gasteiger partial charge in [-0.05, 0) is 67.0 Å². The highest BCUT2D eigenvalue weighted by molar-refractivity contribution is 7.90. The second-order valence-corrected chi connectivity index (χ2v) is 14.0. The van der Waals surface area contributed by atoms with Crippen LogP contribution in [0.4, 0.5) is 0 Å². The molecule has 1 aliphatic heterocycles. The Kier molecular flexibility index (Phi) is 9.31. The zero-order valence-electron chi connectivity index (χ0n) is 22.6. The van der Waals surface area contributed by atoms with Crippen LogP contribution in [-0.2, 0) is 24.3 Å². The summed E-state index contributed by atoms with van der Waals surface area (Å²) in [5.41, 5.74) is 1.81. The van der Waals surface area contributed by atoms with Crippen molar-refractivity contribution in [1.82, 2.24) is 9.62 Å². The predicted molar refractivity (Wildman–Crippen MR) is 153 cm³/mol. The highest BCUT2D eigenvalue weighted by Gasteiger charge is 2.45. The van der Waals surface area contributed by atoms with Gasteiger partial charge in [-0.2, -0.15) is 4.31 Å². The van der Waals surface area contributed by atoms with Crippen LogP contribution in [0.2, 0.25) is 10.0 Å². The van der Waals surface area contributed by atoms with E-state index in [0.717, 1.165) is 11.1 Å². The molecule has 1 saturated heterocycles. The summed E-state index contributed by atoms with van der Waals surface area (Å²) in [5, 5.41) is 4.01. The summed E-state index contributed by atoms with van der Waals surface area (Å²) in [5.74, 6) is -2.06. The topological polar surface area (TPSA) is 92.8 Å². The number of rotatable bonds is 10. The Balaban J connectivity index is 1.67. The maximum absolute atomic E-state index is 13.3. The minimum atomic E-state index is -3.47. The molecule has 39 heavy (non-hydrogen) atoms. The number of nitrogens with one attached hydrogen (secondary N) is 1. The second-order valence-electron chi connectivity index (χ2n) is 10.9. The van der Waals surface area contributed by atoms with Crippen molar-refractivity contribution in [3.63, 3.8) is 0 Å². The molecule has 0 radical (unpaired) electrons. The number of ether oxygens (including phenoxy) is 1. The van der Waals surface area contributed by atoms with Crippen molar-refractivity contribution >= 4 is 45.1 Å². The number of nitrogens with zero attached hydrogens (tertiary/aromatic N) is 1. The van der Waals surface area contributed by atoms with Gasteiger partial charge in [-0.3, -0.25) is 9.59 Å². The number of halogens is 2. The van der Waals surface area contributed by atoms with Crippen LogP contribution < -0.4 is 5.32 Å². The summed E-state index contributed by atoms with van der Waals surface area (Å²) >= 11 is 12.5. The molecule has 4 rings (SSSR count). The van der Waals surface area contributed by atoms with E-state index in [1.807, 2.05) is 37.3 Å². The van der Waals surface area contributed by atoms with Crippen molar-refractivity contribution in [2.75, 3.05) is 14.2 Å². The van der Waals surface area contributed by atoms with Crippen LogP contribution >= 0.6 is 23.2 Å². The molecule has 0 spiro atoms. The van der Waals surface area contributed by atoms with Crippen molar-refractivity contribution in [3.8, 4) is 0 Å². The molecule has 7 nitrogen and oxygen atoms in total. The minimum Gasteiger partial charge on any atom is -0.469 e. The highest BCUT2D eigenvalue weighted by atomic mass is 35.5. The number of carbonyl (C=O) groups excluding carboxylic acids is 2. The van der Waals surface area contributed by atoms with Crippen LogP contribution in [0.1, 0.15) is 62.6 Å². The molecule has 2 fully saturated rings. The Morgan fingerprint density at radius 1 is 1.10 bits per heavy atom. The van der Waals surface area contributed by atoms with Gasteiger partial charge in [-0.1, -0.05) is 61.3 Å². The number of piperidine rings is 1. The lowest BCUT2D eigenvalue weighted by Gasteiger charge is -2.42. The summed E-state index contributed by atoms with van der Waals surface area (Å²) in [6.07, 6.45) is 2.26. The largest absolute Gasteiger partial charge is 0.469 e. The first-order valence-electron chi connectivity index (χ1n) is 13.3. The first-order valence-corrected chi connectivity index (χ1v) is 15.6. The monoisotopic (exact) mass is 594 g/mol. The average molecular weight is 596 g/mol. The summed E-state index contributed by atoms with van der Waals surface area (Å²) < 4.78 is 33.0. The zero-order chi connectivity index (χ0) is 28.5. The van der Waals surface area contributed by atoms with E-state index in [1.54, 1.807) is 32.2 Å². The molecular formula is C29H36Cl2N2O5S. The molecule has 2 unspecified atom stereocenters. The maximum atomic E-state index is 13.3. The normalized spacial score (nSPS) is 24.1. The predicted octanol–water partition coefficient (Wildman–Crippen LogP) is 5.58. The Labute approximate surface area is 241 Å². The lowest BCUT2D eigenvalue weighted by atomic mass is 9.71. The van der Waals surface area contributed by atoms with E-state index in [2.05, 4.69) is 5.32 Å². The molecule has 1 amide bonds. The third-order valence-electron chi connectivity index (χ3n) is 8.29. The molecule has 212 valence electrons. The van der Waals surface area contributed by atoms with Crippen molar-refractivity contribution in [2.45, 2.75) is 62.8 Å². The minimum absolute atomic E-state index is 0.121. The van der Waals surface area contributed by atoms with Gasteiger partial charge < -0.3 is 10.1 Å². The van der Waals surface area contributed by atoms with E-state index < -0.39 is 33.9 Å². The fraction of sp³-hybridized carbons (Fsp3) is 0.517. The first-order chi connectivity index (χ1) is 18.4. The van der Waals surface area contributed by atoms with Crippen LogP contribution in [0.15, 0.2) is 48.5 Å². The lowest BCUT2D eigenvalue weighted by Crippen LogP contribution is -2.54. The van der Waals surface area contributed by atoms with Gasteiger partial charge in [-0.25, -0.2) is 8.42 Å². The van der Waals surface area contributed by atoms with E-state index in [4.69, 9.17) is 27.9 Å². The number of carbonyl (C=O) groups is 2. The van der Waals surface area contributed by atoms with Gasteiger partial charge in [0.05, 0.1) is 24.2 Å². The molecule has 2 aromatic rings. The maximum Gasteiger partial charge on any atom is 0.309 e. The quantitative estimate of drug-likeness (QED) is 0.362. The van der Waals surface area contributed by atoms with Crippen LogP contribution in [0.5, 0.6) is 0 Å². The number of hydrogen-bond donors (Lipinski definition) is 1. The summed E-state index contributed by atoms with van der Waals surface area (Å²) in [7, 11) is -0.508. The van der Waals surface area contributed by atoms with E-state index in [-0.39, 0.29) is 29.0 Å². The third kappa shape index (κ3) is 6.62. The Bertz CT molecular complexity index is 1300. The summed E-state index contributed by atoms with van der Waals surface area (Å²) in [6.45, 7) is 3.75. The zero-order valence-corrected chi connectivity index (χ0v) is 25.0. The molecular weight excluding hydrogens is 559 g/mol. The number of esters is 1. The Morgan fingerprint density at radius 2 is 1.77 bits per heavy atom. The van der Waals surface area contributed by atoms with Crippen LogP contribution in [0.3, 0.4) is 0 Å². The number of methoxy groups -OCH3 is 1.